The van der Waals surface area contributed by atoms with E-state index in [1.165, 1.54) is 13.0 Å². The number of nitrogens with zero attached hydrogens (tertiary/aromatic N) is 6. The van der Waals surface area contributed by atoms with Crippen molar-refractivity contribution in [3.05, 3.63) is 65.1 Å². The number of hydrogen-bond acceptors (Lipinski definition) is 19. The van der Waals surface area contributed by atoms with Gasteiger partial charge < -0.3 is 64.3 Å². The molecule has 2 bridgehead atoms. The van der Waals surface area contributed by atoms with Crippen LogP contribution in [-0.2, 0) is 60.6 Å². The summed E-state index contributed by atoms with van der Waals surface area (Å²) in [5.41, 5.74) is 9.87. The Hall–Kier alpha value is -5.26. The highest BCUT2D eigenvalue weighted by Gasteiger charge is 2.53. The Labute approximate surface area is 490 Å². The molecule has 6 aliphatic rings. The van der Waals surface area contributed by atoms with Crippen LogP contribution in [0.2, 0.25) is 0 Å². The summed E-state index contributed by atoms with van der Waals surface area (Å²) in [5.74, 6) is -8.35. The third-order valence-electron chi connectivity index (χ3n) is 18.2. The van der Waals surface area contributed by atoms with Crippen molar-refractivity contribution >= 4 is 41.3 Å². The minimum absolute atomic E-state index is 0.0194. The fourth-order valence-corrected chi connectivity index (χ4v) is 12.6. The number of nitrogens with two attached hydrogens (primary N) is 1. The number of esters is 1. The Kier molecular flexibility index (Phi) is 23.4. The first-order valence-electron chi connectivity index (χ1n) is 30.1. The molecule has 0 aromatic carbocycles. The van der Waals surface area contributed by atoms with Crippen molar-refractivity contribution in [2.24, 2.45) is 35.3 Å². The molecular formula is C62H93N7O14. The summed E-state index contributed by atoms with van der Waals surface area (Å²) in [6.07, 6.45) is 9.95. The first kappa shape index (κ1) is 65.3. The first-order valence-corrected chi connectivity index (χ1v) is 30.1. The highest BCUT2D eigenvalue weighted by atomic mass is 16.6. The second-order valence-electron chi connectivity index (χ2n) is 24.5. The van der Waals surface area contributed by atoms with E-state index >= 15 is 0 Å². The van der Waals surface area contributed by atoms with E-state index in [2.05, 4.69) is 21.8 Å². The van der Waals surface area contributed by atoms with Gasteiger partial charge in [0.05, 0.1) is 30.6 Å². The van der Waals surface area contributed by atoms with E-state index in [4.69, 9.17) is 34.4 Å². The van der Waals surface area contributed by atoms with Gasteiger partial charge in [0.2, 0.25) is 11.7 Å². The van der Waals surface area contributed by atoms with Crippen molar-refractivity contribution in [2.45, 2.75) is 192 Å². The van der Waals surface area contributed by atoms with Crippen LogP contribution in [-0.4, -0.2) is 196 Å². The molecule has 0 radical (unpaired) electrons. The monoisotopic (exact) mass is 1160 g/mol. The third-order valence-corrected chi connectivity index (χ3v) is 18.2. The summed E-state index contributed by atoms with van der Waals surface area (Å²) in [7, 11) is 5.21. The second-order valence-corrected chi connectivity index (χ2v) is 24.5. The van der Waals surface area contributed by atoms with Crippen LogP contribution in [0.4, 0.5) is 10.7 Å². The van der Waals surface area contributed by atoms with E-state index in [1.54, 1.807) is 46.1 Å². The molecule has 3 saturated heterocycles. The summed E-state index contributed by atoms with van der Waals surface area (Å²) in [5, 5.41) is 34.5. The number of cyclic esters (lactones) is 1. The zero-order valence-corrected chi connectivity index (χ0v) is 50.4. The fraction of sp³-hybridized carbons (Fsp3) is 0.710. The molecular weight excluding hydrogens is 1070 g/mol. The van der Waals surface area contributed by atoms with Crippen molar-refractivity contribution in [1.29, 1.82) is 0 Å². The fourth-order valence-electron chi connectivity index (χ4n) is 12.6. The number of Topliss-reactive ketones (excluding diaryl/α,β-unsaturated/α-hetero) is 3. The van der Waals surface area contributed by atoms with Crippen LogP contribution in [0.3, 0.4) is 0 Å². The minimum Gasteiger partial charge on any atom is -0.459 e. The number of hydrogen-bond donors (Lipinski definition) is 4. The van der Waals surface area contributed by atoms with Gasteiger partial charge in [-0.1, -0.05) is 64.2 Å². The van der Waals surface area contributed by atoms with Gasteiger partial charge in [0, 0.05) is 108 Å². The summed E-state index contributed by atoms with van der Waals surface area (Å²) in [4.78, 5) is 102. The van der Waals surface area contributed by atoms with Crippen LogP contribution in [0.5, 0.6) is 0 Å². The number of ketones is 3. The van der Waals surface area contributed by atoms with Crippen LogP contribution < -0.4 is 10.6 Å². The number of fused-ring (bicyclic) bond motifs is 4. The molecule has 5 N–H and O–H groups in total. The van der Waals surface area contributed by atoms with E-state index in [0.717, 1.165) is 47.9 Å². The molecule has 6 heterocycles. The number of aliphatic hydroxyl groups excluding tert-OH is 2. The molecule has 1 saturated carbocycles. The number of ether oxygens (including phenoxy) is 5. The van der Waals surface area contributed by atoms with Crippen LogP contribution >= 0.6 is 0 Å². The van der Waals surface area contributed by atoms with Gasteiger partial charge in [-0.15, -0.1) is 0 Å². The number of methoxy groups -OCH3 is 2. The van der Waals surface area contributed by atoms with Crippen molar-refractivity contribution < 1.29 is 67.8 Å². The number of piperidine rings is 1. The normalized spacial score (nSPS) is 35.3. The standard InChI is InChI=1S/C62H93N7O14/c1-37-15-11-10-12-16-38(2)51(79-8)33-45-20-18-42(6)62(78,83-45)57(74)58(75)69-23-14-13-17-48(69)59(76)81-52(34-49(70)39(3)30-41(5)55(72)56(73)54(71)40(4)29-37)46(63)31-43-19-21-50(53(32-43)80-9)82-61(77)68-24-22-47-44(36-68)35-64-60(65-47)67-27-25-66(7)26-28-67/h10-12,15-16,30,35,37,39-40,42-43,45-46,48,50-53,55-56,72-73,78H,13-14,17-29,31-34,36,63H2,1-9H3/b12-10?,15-11+,38-16?,41-30+/t37-,39-,40?,42-,43+,45+,46-,48+,50-,51+,52+,53-,55-,56+,62-/m1/s1. The largest absolute Gasteiger partial charge is 0.459 e. The first-order chi connectivity index (χ1) is 39.5. The van der Waals surface area contributed by atoms with Gasteiger partial charge in [-0.3, -0.25) is 19.2 Å². The number of piperazine rings is 1. The number of rotatable bonds is 7. The minimum atomic E-state index is -2.49. The Morgan fingerprint density at radius 3 is 2.33 bits per heavy atom. The van der Waals surface area contributed by atoms with Crippen LogP contribution in [0, 0.1) is 29.6 Å². The van der Waals surface area contributed by atoms with Gasteiger partial charge in [-0.25, -0.2) is 19.6 Å². The maximum Gasteiger partial charge on any atom is 0.410 e. The second kappa shape index (κ2) is 29.7. The zero-order chi connectivity index (χ0) is 60.3. The molecule has 1 aromatic heterocycles. The van der Waals surface area contributed by atoms with Gasteiger partial charge in [0.25, 0.3) is 11.7 Å². The molecule has 2 amide bonds. The molecule has 460 valence electrons. The SMILES string of the molecule is CO[C@H]1C[C@@H]2CC[C@@H](C)[C@@](O)(O2)C(=O)C(=O)N2CCCC[C@H]2C(=O)O[C@H]([C@H](N)C[C@@H]2CC[C@@H](OC(=O)N3CCc4nc(N5CCN(C)CC5)ncc4C3)[C@H](OC)C2)CC(=O)[C@H](C)/C=C(\C)[C@@H](O)[C@@H](O)C(=O)C(C)C[C@H](C)/C=C/C=CC=C1C. The maximum absolute atomic E-state index is 14.6. The lowest BCUT2D eigenvalue weighted by Crippen LogP contribution is -2.61. The number of carbonyl (C=O) groups excluding carboxylic acids is 6. The predicted molar refractivity (Wildman–Crippen MR) is 309 cm³/mol. The predicted octanol–water partition coefficient (Wildman–Crippen LogP) is 4.96. The Morgan fingerprint density at radius 1 is 0.855 bits per heavy atom. The molecule has 15 atom stereocenters. The summed E-state index contributed by atoms with van der Waals surface area (Å²) >= 11 is 0. The van der Waals surface area contributed by atoms with Crippen molar-refractivity contribution in [3.63, 3.8) is 0 Å². The lowest BCUT2D eigenvalue weighted by atomic mass is 9.80. The van der Waals surface area contributed by atoms with Gasteiger partial charge >= 0.3 is 12.1 Å². The van der Waals surface area contributed by atoms with Crippen LogP contribution in [0.1, 0.15) is 130 Å². The van der Waals surface area contributed by atoms with Crippen molar-refractivity contribution in [2.75, 3.05) is 65.4 Å². The average molecular weight is 1160 g/mol. The van der Waals surface area contributed by atoms with Crippen molar-refractivity contribution in [3.8, 4) is 0 Å². The van der Waals surface area contributed by atoms with Crippen LogP contribution in [0.25, 0.3) is 0 Å². The van der Waals surface area contributed by atoms with E-state index in [9.17, 15) is 44.1 Å². The number of anilines is 1. The molecule has 1 unspecified atom stereocenters. The molecule has 83 heavy (non-hydrogen) atoms. The van der Waals surface area contributed by atoms with Gasteiger partial charge in [0.15, 0.2) is 5.78 Å². The average Bonchev–Trinajstić information content (AvgIpc) is 3.32. The lowest BCUT2D eigenvalue weighted by Gasteiger charge is -2.42. The molecule has 7 rings (SSSR count). The number of allylic oxidation sites excluding steroid dienone is 6. The smallest absolute Gasteiger partial charge is 0.410 e. The number of likely N-dealkylation sites (N-methyl/N-ethyl adjacent to an activating group) is 1. The molecule has 21 nitrogen and oxygen atoms in total. The lowest BCUT2D eigenvalue weighted by molar-refractivity contribution is -0.265. The summed E-state index contributed by atoms with van der Waals surface area (Å²) in [6.45, 7) is 14.6. The maximum atomic E-state index is 14.6. The van der Waals surface area contributed by atoms with E-state index < -0.39 is 114 Å². The van der Waals surface area contributed by atoms with E-state index in [0.29, 0.717) is 76.8 Å². The molecule has 1 aliphatic carbocycles. The topological polar surface area (TPSA) is 274 Å². The zero-order valence-electron chi connectivity index (χ0n) is 50.4. The molecule has 21 heteroatoms. The molecule has 5 aliphatic heterocycles. The summed E-state index contributed by atoms with van der Waals surface area (Å²) < 4.78 is 30.4. The highest BCUT2D eigenvalue weighted by molar-refractivity contribution is 6.39. The Morgan fingerprint density at radius 2 is 1.60 bits per heavy atom. The number of amides is 2. The van der Waals surface area contributed by atoms with Crippen molar-refractivity contribution in [1.82, 2.24) is 24.7 Å². The third kappa shape index (κ3) is 16.6. The van der Waals surface area contributed by atoms with Crippen LogP contribution in [0.15, 0.2) is 53.8 Å². The summed E-state index contributed by atoms with van der Waals surface area (Å²) in [6, 6.07) is -2.19. The molecule has 0 spiro atoms. The number of aliphatic hydroxyl groups is 3. The van der Waals surface area contributed by atoms with E-state index in [-0.39, 0.29) is 49.6 Å². The van der Waals surface area contributed by atoms with E-state index in [1.807, 2.05) is 44.2 Å². The Balaban J connectivity index is 1.08. The Bertz CT molecular complexity index is 2570. The number of carbonyl (C=O) groups is 6. The molecule has 1 aromatic rings. The highest BCUT2D eigenvalue weighted by Crippen LogP contribution is 2.38. The quantitative estimate of drug-likeness (QED) is 0.160. The van der Waals surface area contributed by atoms with Gasteiger partial charge in [-0.2, -0.15) is 0 Å². The van der Waals surface area contributed by atoms with Gasteiger partial charge in [0.1, 0.15) is 36.2 Å². The van der Waals surface area contributed by atoms with Gasteiger partial charge in [-0.05, 0) is 108 Å². The number of aromatic nitrogens is 2. The molecule has 4 fully saturated rings.